The summed E-state index contributed by atoms with van der Waals surface area (Å²) in [5, 5.41) is 3.97. The molecule has 1 aromatic carbocycles. The third-order valence-electron chi connectivity index (χ3n) is 4.05. The molecule has 1 N–H and O–H groups in total. The molecule has 3 rings (SSSR count). The van der Waals surface area contributed by atoms with E-state index in [9.17, 15) is 9.59 Å². The van der Waals surface area contributed by atoms with Gasteiger partial charge in [0.2, 0.25) is 5.91 Å². The Balaban J connectivity index is 1.95. The zero-order chi connectivity index (χ0) is 18.1. The number of amides is 1. The number of halogens is 1. The second kappa shape index (κ2) is 6.98. The summed E-state index contributed by atoms with van der Waals surface area (Å²) in [5.74, 6) is 0.250. The van der Waals surface area contributed by atoms with E-state index in [0.717, 1.165) is 16.1 Å². The molecule has 5 nitrogen and oxygen atoms in total. The van der Waals surface area contributed by atoms with Gasteiger partial charge in [-0.2, -0.15) is 0 Å². The topological polar surface area (TPSA) is 64.0 Å². The average molecular weight is 376 g/mol. The van der Waals surface area contributed by atoms with Crippen molar-refractivity contribution in [3.05, 3.63) is 56.4 Å². The van der Waals surface area contributed by atoms with E-state index in [2.05, 4.69) is 10.3 Å². The summed E-state index contributed by atoms with van der Waals surface area (Å²) in [6.45, 7) is 5.48. The number of aryl methyl sites for hydroxylation is 2. The van der Waals surface area contributed by atoms with Crippen molar-refractivity contribution in [2.45, 2.75) is 33.2 Å². The maximum atomic E-state index is 12.9. The number of carbonyl (C=O) groups excluding carboxylic acids is 1. The first-order valence-corrected chi connectivity index (χ1v) is 9.18. The number of hydrogen-bond donors (Lipinski definition) is 1. The van der Waals surface area contributed by atoms with Crippen LogP contribution in [0, 0.1) is 6.92 Å². The van der Waals surface area contributed by atoms with Crippen LogP contribution >= 0.6 is 22.9 Å². The van der Waals surface area contributed by atoms with E-state index in [4.69, 9.17) is 11.6 Å². The lowest BCUT2D eigenvalue weighted by Gasteiger charge is -2.17. The number of rotatable bonds is 4. The Labute approximate surface area is 154 Å². The van der Waals surface area contributed by atoms with Crippen molar-refractivity contribution in [3.63, 3.8) is 0 Å². The number of thiophene rings is 1. The minimum Gasteiger partial charge on any atom is -0.324 e. The number of nitrogens with zero attached hydrogens (tertiary/aromatic N) is 2. The molecule has 0 aliphatic rings. The van der Waals surface area contributed by atoms with Gasteiger partial charge in [-0.1, -0.05) is 18.5 Å². The maximum Gasteiger partial charge on any atom is 0.263 e. The van der Waals surface area contributed by atoms with Gasteiger partial charge in [0, 0.05) is 15.6 Å². The van der Waals surface area contributed by atoms with Gasteiger partial charge in [0.05, 0.1) is 5.39 Å². The highest BCUT2D eigenvalue weighted by Gasteiger charge is 2.21. The van der Waals surface area contributed by atoms with Crippen molar-refractivity contribution >= 4 is 44.7 Å². The Kier molecular flexibility index (Phi) is 4.92. The highest BCUT2D eigenvalue weighted by atomic mass is 35.5. The minimum atomic E-state index is -0.676. The molecule has 0 radical (unpaired) electrons. The van der Waals surface area contributed by atoms with Crippen LogP contribution in [-0.4, -0.2) is 15.5 Å². The summed E-state index contributed by atoms with van der Waals surface area (Å²) in [7, 11) is 0. The molecule has 7 heteroatoms. The first kappa shape index (κ1) is 17.6. The van der Waals surface area contributed by atoms with Crippen LogP contribution < -0.4 is 10.9 Å². The first-order valence-electron chi connectivity index (χ1n) is 7.98. The van der Waals surface area contributed by atoms with E-state index in [-0.39, 0.29) is 11.5 Å². The van der Waals surface area contributed by atoms with Gasteiger partial charge in [-0.25, -0.2) is 4.98 Å². The molecule has 0 spiro atoms. The predicted octanol–water partition coefficient (Wildman–Crippen LogP) is 4.18. The van der Waals surface area contributed by atoms with Crippen LogP contribution in [0.2, 0.25) is 5.02 Å². The summed E-state index contributed by atoms with van der Waals surface area (Å²) in [6.07, 6.45) is 0.853. The van der Waals surface area contributed by atoms with E-state index >= 15 is 0 Å². The minimum absolute atomic E-state index is 0.183. The molecule has 0 saturated heterocycles. The van der Waals surface area contributed by atoms with Crippen molar-refractivity contribution in [3.8, 4) is 0 Å². The van der Waals surface area contributed by atoms with Crippen LogP contribution in [0.15, 0.2) is 35.1 Å². The Bertz CT molecular complexity index is 992. The molecule has 1 atom stereocenters. The standard InChI is InChI=1S/C18H18ClN3O2S/c1-4-14-9-15-17(25-14)20-11(3)22(18(15)24)10(2)16(23)21-13-7-5-12(19)6-8-13/h5-10H,4H2,1-3H3,(H,21,23). The van der Waals surface area contributed by atoms with E-state index < -0.39 is 6.04 Å². The molecule has 1 unspecified atom stereocenters. The Morgan fingerprint density at radius 2 is 2.04 bits per heavy atom. The van der Waals surface area contributed by atoms with Crippen molar-refractivity contribution in [2.24, 2.45) is 0 Å². The van der Waals surface area contributed by atoms with Gasteiger partial charge in [0.25, 0.3) is 5.56 Å². The van der Waals surface area contributed by atoms with Gasteiger partial charge in [0.1, 0.15) is 16.7 Å². The van der Waals surface area contributed by atoms with E-state index in [1.807, 2.05) is 13.0 Å². The van der Waals surface area contributed by atoms with Crippen molar-refractivity contribution in [2.75, 3.05) is 5.32 Å². The van der Waals surface area contributed by atoms with Crippen molar-refractivity contribution in [1.82, 2.24) is 9.55 Å². The van der Waals surface area contributed by atoms with Crippen LogP contribution in [0.4, 0.5) is 5.69 Å². The molecule has 130 valence electrons. The Morgan fingerprint density at radius 3 is 2.68 bits per heavy atom. The van der Waals surface area contributed by atoms with Crippen LogP contribution in [-0.2, 0) is 11.2 Å². The highest BCUT2D eigenvalue weighted by Crippen LogP contribution is 2.23. The van der Waals surface area contributed by atoms with Gasteiger partial charge < -0.3 is 5.32 Å². The normalized spacial score (nSPS) is 12.3. The van der Waals surface area contributed by atoms with Gasteiger partial charge >= 0.3 is 0 Å². The number of nitrogens with one attached hydrogen (secondary N) is 1. The monoisotopic (exact) mass is 375 g/mol. The smallest absolute Gasteiger partial charge is 0.263 e. The highest BCUT2D eigenvalue weighted by molar-refractivity contribution is 7.18. The molecule has 0 saturated carbocycles. The third-order valence-corrected chi connectivity index (χ3v) is 5.48. The molecular weight excluding hydrogens is 358 g/mol. The molecule has 25 heavy (non-hydrogen) atoms. The second-order valence-electron chi connectivity index (χ2n) is 5.79. The lowest BCUT2D eigenvalue weighted by molar-refractivity contribution is -0.118. The fourth-order valence-electron chi connectivity index (χ4n) is 2.67. The van der Waals surface area contributed by atoms with Gasteiger partial charge in [-0.05, 0) is 50.6 Å². The largest absolute Gasteiger partial charge is 0.324 e. The molecule has 2 heterocycles. The van der Waals surface area contributed by atoms with Gasteiger partial charge in [0.15, 0.2) is 0 Å². The molecule has 0 aliphatic carbocycles. The zero-order valence-corrected chi connectivity index (χ0v) is 15.7. The molecule has 0 fully saturated rings. The van der Waals surface area contributed by atoms with Crippen LogP contribution in [0.5, 0.6) is 0 Å². The number of aromatic nitrogens is 2. The lowest BCUT2D eigenvalue weighted by Crippen LogP contribution is -2.33. The molecule has 0 aliphatic heterocycles. The average Bonchev–Trinajstić information content (AvgIpc) is 3.00. The van der Waals surface area contributed by atoms with Crippen molar-refractivity contribution in [1.29, 1.82) is 0 Å². The molecular formula is C18H18ClN3O2S. The first-order chi connectivity index (χ1) is 11.9. The SMILES string of the molecule is CCc1cc2c(=O)n(C(C)C(=O)Nc3ccc(Cl)cc3)c(C)nc2s1. The van der Waals surface area contributed by atoms with E-state index in [1.165, 1.54) is 15.9 Å². The van der Waals surface area contributed by atoms with E-state index in [0.29, 0.717) is 21.9 Å². The summed E-state index contributed by atoms with van der Waals surface area (Å²) in [6, 6.07) is 8.03. The number of carbonyl (C=O) groups is 1. The van der Waals surface area contributed by atoms with Gasteiger partial charge in [-0.3, -0.25) is 14.2 Å². The summed E-state index contributed by atoms with van der Waals surface area (Å²) >= 11 is 7.37. The Hall–Kier alpha value is -2.18. The summed E-state index contributed by atoms with van der Waals surface area (Å²) in [5.41, 5.74) is 0.446. The van der Waals surface area contributed by atoms with E-state index in [1.54, 1.807) is 38.1 Å². The fraction of sp³-hybridized carbons (Fsp3) is 0.278. The Morgan fingerprint density at radius 1 is 1.36 bits per heavy atom. The maximum absolute atomic E-state index is 12.9. The molecule has 2 aromatic heterocycles. The zero-order valence-electron chi connectivity index (χ0n) is 14.2. The van der Waals surface area contributed by atoms with Crippen molar-refractivity contribution < 1.29 is 4.79 Å². The number of hydrogen-bond acceptors (Lipinski definition) is 4. The second-order valence-corrected chi connectivity index (χ2v) is 7.34. The number of anilines is 1. The van der Waals surface area contributed by atoms with Crippen LogP contribution in [0.3, 0.4) is 0 Å². The molecule has 1 amide bonds. The summed E-state index contributed by atoms with van der Waals surface area (Å²) in [4.78, 5) is 31.8. The number of fused-ring (bicyclic) bond motifs is 1. The summed E-state index contributed by atoms with van der Waals surface area (Å²) < 4.78 is 1.44. The fourth-order valence-corrected chi connectivity index (χ4v) is 3.80. The molecule has 3 aromatic rings. The lowest BCUT2D eigenvalue weighted by atomic mass is 10.2. The number of benzene rings is 1. The molecule has 0 bridgehead atoms. The third kappa shape index (κ3) is 3.45. The quantitative estimate of drug-likeness (QED) is 0.743. The van der Waals surface area contributed by atoms with Gasteiger partial charge in [-0.15, -0.1) is 11.3 Å². The van der Waals surface area contributed by atoms with Crippen LogP contribution in [0.1, 0.15) is 30.6 Å². The predicted molar refractivity (Wildman–Crippen MR) is 103 cm³/mol. The van der Waals surface area contributed by atoms with Crippen LogP contribution in [0.25, 0.3) is 10.2 Å².